The number of hydrogen-bond donors (Lipinski definition) is 2. The minimum atomic E-state index is -0.645. The van der Waals surface area contributed by atoms with E-state index >= 15 is 0 Å². The molecule has 13 heavy (non-hydrogen) atoms. The van der Waals surface area contributed by atoms with Gasteiger partial charge < -0.3 is 9.84 Å². The fraction of sp³-hybridized carbons (Fsp3) is 0.889. The molecule has 0 saturated heterocycles. The van der Waals surface area contributed by atoms with Crippen molar-refractivity contribution in [1.82, 2.24) is 5.43 Å². The molecule has 0 aromatic rings. The molecule has 78 valence electrons. The third kappa shape index (κ3) is 6.40. The molecule has 0 aliphatic carbocycles. The summed E-state index contributed by atoms with van der Waals surface area (Å²) in [4.78, 5) is 0. The molecule has 0 aliphatic rings. The number of nitrogens with zero attached hydrogens (tertiary/aromatic N) is 1. The van der Waals surface area contributed by atoms with Gasteiger partial charge in [-0.2, -0.15) is 0 Å². The van der Waals surface area contributed by atoms with Crippen molar-refractivity contribution in [3.63, 3.8) is 0 Å². The lowest BCUT2D eigenvalue weighted by molar-refractivity contribution is 0.140. The summed E-state index contributed by atoms with van der Waals surface area (Å²) in [6, 6.07) is 0. The van der Waals surface area contributed by atoms with Crippen LogP contribution in [-0.4, -0.2) is 23.3 Å². The molecule has 0 aromatic carbocycles. The first-order valence-corrected chi connectivity index (χ1v) is 4.58. The van der Waals surface area contributed by atoms with E-state index in [9.17, 15) is 0 Å². The average molecular weight is 188 g/mol. The molecule has 0 aliphatic heterocycles. The normalized spacial score (nSPS) is 17.0. The Kier molecular flexibility index (Phi) is 5.46. The van der Waals surface area contributed by atoms with Crippen molar-refractivity contribution in [2.24, 2.45) is 11.0 Å². The maximum absolute atomic E-state index is 8.87. The number of aliphatic hydroxyl groups is 1. The summed E-state index contributed by atoms with van der Waals surface area (Å²) in [6.07, 6.45) is -0.507. The summed E-state index contributed by atoms with van der Waals surface area (Å²) >= 11 is 0. The van der Waals surface area contributed by atoms with Crippen LogP contribution in [0.1, 0.15) is 34.6 Å². The van der Waals surface area contributed by atoms with E-state index in [1.54, 1.807) is 13.8 Å². The molecule has 0 spiro atoms. The Morgan fingerprint density at radius 3 is 2.23 bits per heavy atom. The lowest BCUT2D eigenvalue weighted by atomic mass is 10.1. The van der Waals surface area contributed by atoms with Crippen LogP contribution in [0.4, 0.5) is 0 Å². The zero-order valence-corrected chi connectivity index (χ0v) is 9.03. The second kappa shape index (κ2) is 5.80. The van der Waals surface area contributed by atoms with Gasteiger partial charge in [0.15, 0.2) is 0 Å². The van der Waals surface area contributed by atoms with Crippen molar-refractivity contribution in [3.8, 4) is 0 Å². The molecule has 0 bridgehead atoms. The highest BCUT2D eigenvalue weighted by Crippen LogP contribution is 2.05. The van der Waals surface area contributed by atoms with E-state index in [0.717, 1.165) is 0 Å². The Labute approximate surface area is 80.0 Å². The van der Waals surface area contributed by atoms with E-state index < -0.39 is 6.23 Å². The topological polar surface area (TPSA) is 53.9 Å². The number of hydrazone groups is 1. The van der Waals surface area contributed by atoms with Gasteiger partial charge in [0, 0.05) is 6.92 Å². The monoisotopic (exact) mass is 188 g/mol. The smallest absolute Gasteiger partial charge is 0.202 e. The number of aliphatic hydroxyl groups excluding tert-OH is 1. The number of nitrogens with one attached hydrogen (secondary N) is 1. The highest BCUT2D eigenvalue weighted by atomic mass is 16.5. The van der Waals surface area contributed by atoms with Gasteiger partial charge in [-0.15, -0.1) is 5.10 Å². The highest BCUT2D eigenvalue weighted by Gasteiger charge is 2.08. The molecule has 0 rings (SSSR count). The Balaban J connectivity index is 3.84. The predicted molar refractivity (Wildman–Crippen MR) is 53.3 cm³/mol. The van der Waals surface area contributed by atoms with Gasteiger partial charge in [-0.1, -0.05) is 13.8 Å². The van der Waals surface area contributed by atoms with Crippen molar-refractivity contribution < 1.29 is 9.84 Å². The summed E-state index contributed by atoms with van der Waals surface area (Å²) < 4.78 is 5.44. The Hall–Kier alpha value is -0.770. The molecule has 2 unspecified atom stereocenters. The van der Waals surface area contributed by atoms with Gasteiger partial charge in [0.05, 0.1) is 6.10 Å². The van der Waals surface area contributed by atoms with E-state index in [0.29, 0.717) is 11.8 Å². The zero-order valence-electron chi connectivity index (χ0n) is 9.03. The van der Waals surface area contributed by atoms with Crippen LogP contribution in [0.5, 0.6) is 0 Å². The second-order valence-electron chi connectivity index (χ2n) is 3.50. The first-order chi connectivity index (χ1) is 5.93. The Morgan fingerprint density at radius 1 is 1.31 bits per heavy atom. The van der Waals surface area contributed by atoms with Crippen LogP contribution in [0.25, 0.3) is 0 Å². The minimum Gasteiger partial charge on any atom is -0.477 e. The van der Waals surface area contributed by atoms with Gasteiger partial charge in [0.1, 0.15) is 6.23 Å². The zero-order chi connectivity index (χ0) is 10.4. The van der Waals surface area contributed by atoms with Crippen molar-refractivity contribution in [2.45, 2.75) is 47.0 Å². The quantitative estimate of drug-likeness (QED) is 0.303. The molecule has 4 heteroatoms. The number of rotatable bonds is 4. The predicted octanol–water partition coefficient (Wildman–Crippen LogP) is 1.31. The summed E-state index contributed by atoms with van der Waals surface area (Å²) in [5.41, 5.74) is 2.51. The largest absolute Gasteiger partial charge is 0.477 e. The Morgan fingerprint density at radius 2 is 1.85 bits per heavy atom. The van der Waals surface area contributed by atoms with Crippen LogP contribution < -0.4 is 5.43 Å². The minimum absolute atomic E-state index is 0.138. The standard InChI is InChI=1S/C9H20N2O2/c1-6(2)7(3)13-9(5)11-10-8(4)12/h6-8,10,12H,1-5H3/b11-9-. The van der Waals surface area contributed by atoms with Gasteiger partial charge in [-0.05, 0) is 19.8 Å². The number of ether oxygens (including phenoxy) is 1. The van der Waals surface area contributed by atoms with Crippen LogP contribution in [0.15, 0.2) is 5.10 Å². The molecule has 0 saturated carbocycles. The molecule has 0 heterocycles. The van der Waals surface area contributed by atoms with Crippen molar-refractivity contribution in [1.29, 1.82) is 0 Å². The molecule has 0 radical (unpaired) electrons. The third-order valence-electron chi connectivity index (χ3n) is 1.70. The maximum atomic E-state index is 8.87. The third-order valence-corrected chi connectivity index (χ3v) is 1.70. The van der Waals surface area contributed by atoms with Gasteiger partial charge >= 0.3 is 0 Å². The van der Waals surface area contributed by atoms with Crippen LogP contribution in [-0.2, 0) is 4.74 Å². The molecule has 0 amide bonds. The molecule has 2 N–H and O–H groups in total. The van der Waals surface area contributed by atoms with Gasteiger partial charge in [-0.25, -0.2) is 0 Å². The van der Waals surface area contributed by atoms with Gasteiger partial charge in [0.25, 0.3) is 0 Å². The summed E-state index contributed by atoms with van der Waals surface area (Å²) in [6.45, 7) is 9.52. The van der Waals surface area contributed by atoms with Crippen LogP contribution in [0.2, 0.25) is 0 Å². The molecule has 0 fully saturated rings. The van der Waals surface area contributed by atoms with E-state index in [1.165, 1.54) is 0 Å². The first kappa shape index (κ1) is 12.2. The highest BCUT2D eigenvalue weighted by molar-refractivity contribution is 5.72. The Bertz CT molecular complexity index is 167. The molecule has 4 nitrogen and oxygen atoms in total. The molecular weight excluding hydrogens is 168 g/mol. The van der Waals surface area contributed by atoms with E-state index in [1.807, 2.05) is 6.92 Å². The maximum Gasteiger partial charge on any atom is 0.202 e. The van der Waals surface area contributed by atoms with E-state index in [4.69, 9.17) is 9.84 Å². The lowest BCUT2D eigenvalue weighted by Gasteiger charge is -2.17. The van der Waals surface area contributed by atoms with Crippen molar-refractivity contribution in [2.75, 3.05) is 0 Å². The molecule has 0 aromatic heterocycles. The van der Waals surface area contributed by atoms with Gasteiger partial charge in [0.2, 0.25) is 5.90 Å². The van der Waals surface area contributed by atoms with Crippen molar-refractivity contribution >= 4 is 5.90 Å². The first-order valence-electron chi connectivity index (χ1n) is 4.58. The molecular formula is C9H20N2O2. The van der Waals surface area contributed by atoms with E-state index in [2.05, 4.69) is 24.4 Å². The SMILES string of the molecule is C/C(=N/NC(C)O)OC(C)C(C)C. The fourth-order valence-corrected chi connectivity index (χ4v) is 0.616. The van der Waals surface area contributed by atoms with Crippen LogP contribution in [0, 0.1) is 5.92 Å². The fourth-order valence-electron chi connectivity index (χ4n) is 0.616. The summed E-state index contributed by atoms with van der Waals surface area (Å²) in [5, 5.41) is 12.7. The summed E-state index contributed by atoms with van der Waals surface area (Å²) in [5.74, 6) is 0.999. The van der Waals surface area contributed by atoms with Gasteiger partial charge in [-0.3, -0.25) is 5.43 Å². The molecule has 2 atom stereocenters. The number of hydrogen-bond acceptors (Lipinski definition) is 4. The van der Waals surface area contributed by atoms with Crippen molar-refractivity contribution in [3.05, 3.63) is 0 Å². The average Bonchev–Trinajstić information content (AvgIpc) is 2.00. The summed E-state index contributed by atoms with van der Waals surface area (Å²) in [7, 11) is 0. The lowest BCUT2D eigenvalue weighted by Crippen LogP contribution is -2.24. The van der Waals surface area contributed by atoms with Crippen LogP contribution in [0.3, 0.4) is 0 Å². The second-order valence-corrected chi connectivity index (χ2v) is 3.50. The van der Waals surface area contributed by atoms with Crippen LogP contribution >= 0.6 is 0 Å². The van der Waals surface area contributed by atoms with E-state index in [-0.39, 0.29) is 6.10 Å².